The second-order valence-electron chi connectivity index (χ2n) is 5.75. The van der Waals surface area contributed by atoms with Crippen molar-refractivity contribution in [1.29, 1.82) is 0 Å². The van der Waals surface area contributed by atoms with Gasteiger partial charge in [-0.3, -0.25) is 0 Å². The van der Waals surface area contributed by atoms with Gasteiger partial charge >= 0.3 is 6.03 Å². The van der Waals surface area contributed by atoms with Gasteiger partial charge in [-0.1, -0.05) is 6.07 Å². The van der Waals surface area contributed by atoms with E-state index in [0.29, 0.717) is 24.3 Å². The molecule has 0 saturated heterocycles. The van der Waals surface area contributed by atoms with Gasteiger partial charge in [0.05, 0.1) is 13.2 Å². The summed E-state index contributed by atoms with van der Waals surface area (Å²) in [6, 6.07) is 9.62. The van der Waals surface area contributed by atoms with E-state index in [-0.39, 0.29) is 11.9 Å². The molecule has 1 aliphatic rings. The van der Waals surface area contributed by atoms with Gasteiger partial charge in [0.1, 0.15) is 23.9 Å². The Bertz CT molecular complexity index is 764. The van der Waals surface area contributed by atoms with Crippen molar-refractivity contribution in [2.45, 2.75) is 19.4 Å². The number of nitrogens with one attached hydrogen (secondary N) is 2. The van der Waals surface area contributed by atoms with E-state index in [2.05, 4.69) is 10.6 Å². The van der Waals surface area contributed by atoms with E-state index in [4.69, 9.17) is 9.47 Å². The Hall–Kier alpha value is -2.76. The number of fused-ring (bicyclic) bond motifs is 1. The average Bonchev–Trinajstić information content (AvgIpc) is 2.57. The van der Waals surface area contributed by atoms with Crippen molar-refractivity contribution in [3.63, 3.8) is 0 Å². The normalized spacial score (nSPS) is 15.9. The van der Waals surface area contributed by atoms with Crippen LogP contribution in [0.15, 0.2) is 36.4 Å². The molecule has 0 aliphatic carbocycles. The van der Waals surface area contributed by atoms with Crippen LogP contribution in [0, 0.1) is 12.7 Å². The standard InChI is InChI=1S/C18H19FN2O3/c1-11-3-4-13(9-16(11)19)20-18(22)21-14-7-12-8-15(23-2)5-6-17(12)24-10-14/h3-6,8-9,14H,7,10H2,1-2H3,(H2,20,21,22)/t14-/m0/s1. The van der Waals surface area contributed by atoms with Crippen molar-refractivity contribution in [1.82, 2.24) is 5.32 Å². The molecule has 3 rings (SSSR count). The van der Waals surface area contributed by atoms with Crippen molar-refractivity contribution in [3.05, 3.63) is 53.3 Å². The van der Waals surface area contributed by atoms with Crippen LogP contribution in [0.4, 0.5) is 14.9 Å². The Balaban J connectivity index is 1.61. The fourth-order valence-corrected chi connectivity index (χ4v) is 2.61. The van der Waals surface area contributed by atoms with Crippen LogP contribution in [-0.4, -0.2) is 25.8 Å². The largest absolute Gasteiger partial charge is 0.497 e. The van der Waals surface area contributed by atoms with E-state index in [0.717, 1.165) is 17.1 Å². The summed E-state index contributed by atoms with van der Waals surface area (Å²) in [6.07, 6.45) is 0.641. The zero-order valence-corrected chi connectivity index (χ0v) is 13.6. The molecule has 0 fully saturated rings. The van der Waals surface area contributed by atoms with E-state index in [9.17, 15) is 9.18 Å². The van der Waals surface area contributed by atoms with Gasteiger partial charge in [0.15, 0.2) is 0 Å². The molecule has 24 heavy (non-hydrogen) atoms. The molecule has 0 radical (unpaired) electrons. The van der Waals surface area contributed by atoms with Crippen LogP contribution in [0.3, 0.4) is 0 Å². The maximum absolute atomic E-state index is 13.5. The smallest absolute Gasteiger partial charge is 0.319 e. The van der Waals surface area contributed by atoms with Crippen LogP contribution >= 0.6 is 0 Å². The molecule has 2 aromatic carbocycles. The number of hydrogen-bond donors (Lipinski definition) is 2. The van der Waals surface area contributed by atoms with Crippen LogP contribution < -0.4 is 20.1 Å². The third-order valence-corrected chi connectivity index (χ3v) is 3.94. The third-order valence-electron chi connectivity index (χ3n) is 3.94. The van der Waals surface area contributed by atoms with E-state index < -0.39 is 6.03 Å². The van der Waals surface area contributed by atoms with Gasteiger partial charge in [-0.15, -0.1) is 0 Å². The molecule has 2 N–H and O–H groups in total. The Kier molecular flexibility index (Phi) is 4.55. The number of urea groups is 1. The maximum Gasteiger partial charge on any atom is 0.319 e. The predicted octanol–water partition coefficient (Wildman–Crippen LogP) is 3.27. The molecule has 2 aromatic rings. The second-order valence-corrected chi connectivity index (χ2v) is 5.75. The van der Waals surface area contributed by atoms with Gasteiger partial charge in [0.25, 0.3) is 0 Å². The van der Waals surface area contributed by atoms with Crippen LogP contribution in [0.5, 0.6) is 11.5 Å². The summed E-state index contributed by atoms with van der Waals surface area (Å²) in [5.41, 5.74) is 1.92. The molecular formula is C18H19FN2O3. The molecule has 0 bridgehead atoms. The molecule has 5 nitrogen and oxygen atoms in total. The number of carbonyl (C=O) groups excluding carboxylic acids is 1. The number of halogens is 1. The first kappa shape index (κ1) is 16.1. The molecule has 0 spiro atoms. The summed E-state index contributed by atoms with van der Waals surface area (Å²) in [5.74, 6) is 1.20. The van der Waals surface area contributed by atoms with E-state index >= 15 is 0 Å². The van der Waals surface area contributed by atoms with E-state index in [1.807, 2.05) is 18.2 Å². The molecule has 0 aromatic heterocycles. The Labute approximate surface area is 139 Å². The number of carbonyl (C=O) groups is 1. The maximum atomic E-state index is 13.5. The fourth-order valence-electron chi connectivity index (χ4n) is 2.61. The highest BCUT2D eigenvalue weighted by Gasteiger charge is 2.22. The van der Waals surface area contributed by atoms with Crippen molar-refractivity contribution in [2.24, 2.45) is 0 Å². The molecule has 1 aliphatic heterocycles. The average molecular weight is 330 g/mol. The number of aryl methyl sites for hydroxylation is 1. The Morgan fingerprint density at radius 2 is 2.12 bits per heavy atom. The number of hydrogen-bond acceptors (Lipinski definition) is 3. The summed E-state index contributed by atoms with van der Waals surface area (Å²) < 4.78 is 24.4. The van der Waals surface area contributed by atoms with E-state index in [1.54, 1.807) is 26.2 Å². The van der Waals surface area contributed by atoms with E-state index in [1.165, 1.54) is 6.07 Å². The lowest BCUT2D eigenvalue weighted by Crippen LogP contribution is -2.44. The fraction of sp³-hybridized carbons (Fsp3) is 0.278. The lowest BCUT2D eigenvalue weighted by molar-refractivity contribution is 0.222. The molecule has 6 heteroatoms. The molecule has 126 valence electrons. The lowest BCUT2D eigenvalue weighted by Gasteiger charge is -2.26. The predicted molar refractivity (Wildman–Crippen MR) is 89.3 cm³/mol. The highest BCUT2D eigenvalue weighted by molar-refractivity contribution is 5.89. The van der Waals surface area contributed by atoms with Gasteiger partial charge in [-0.05, 0) is 54.8 Å². The number of anilines is 1. The Morgan fingerprint density at radius 3 is 2.88 bits per heavy atom. The second kappa shape index (κ2) is 6.78. The number of rotatable bonds is 3. The highest BCUT2D eigenvalue weighted by atomic mass is 19.1. The summed E-state index contributed by atoms with van der Waals surface area (Å²) in [7, 11) is 1.61. The zero-order valence-electron chi connectivity index (χ0n) is 13.6. The first-order valence-electron chi connectivity index (χ1n) is 7.68. The molecule has 1 atom stereocenters. The Morgan fingerprint density at radius 1 is 1.29 bits per heavy atom. The van der Waals surface area contributed by atoms with Gasteiger partial charge in [0, 0.05) is 5.69 Å². The quantitative estimate of drug-likeness (QED) is 0.908. The first-order chi connectivity index (χ1) is 11.5. The van der Waals surface area contributed by atoms with Gasteiger partial charge in [-0.2, -0.15) is 0 Å². The molecule has 1 heterocycles. The van der Waals surface area contributed by atoms with Crippen molar-refractivity contribution in [3.8, 4) is 11.5 Å². The van der Waals surface area contributed by atoms with Crippen molar-refractivity contribution < 1.29 is 18.7 Å². The molecule has 0 saturated carbocycles. The minimum Gasteiger partial charge on any atom is -0.497 e. The van der Waals surface area contributed by atoms with Crippen LogP contribution in [-0.2, 0) is 6.42 Å². The number of methoxy groups -OCH3 is 1. The number of ether oxygens (including phenoxy) is 2. The topological polar surface area (TPSA) is 59.6 Å². The van der Waals surface area contributed by atoms with Gasteiger partial charge < -0.3 is 20.1 Å². The summed E-state index contributed by atoms with van der Waals surface area (Å²) in [6.45, 7) is 2.05. The minimum atomic E-state index is -0.391. The highest BCUT2D eigenvalue weighted by Crippen LogP contribution is 2.28. The van der Waals surface area contributed by atoms with Crippen LogP contribution in [0.1, 0.15) is 11.1 Å². The monoisotopic (exact) mass is 330 g/mol. The molecule has 0 unspecified atom stereocenters. The SMILES string of the molecule is COc1ccc2c(c1)C[C@H](NC(=O)Nc1ccc(C)c(F)c1)CO2. The summed E-state index contributed by atoms with van der Waals surface area (Å²) in [5, 5.41) is 5.47. The summed E-state index contributed by atoms with van der Waals surface area (Å²) in [4.78, 5) is 12.1. The number of benzene rings is 2. The van der Waals surface area contributed by atoms with Gasteiger partial charge in [-0.25, -0.2) is 9.18 Å². The van der Waals surface area contributed by atoms with Gasteiger partial charge in [0.2, 0.25) is 0 Å². The first-order valence-corrected chi connectivity index (χ1v) is 7.68. The van der Waals surface area contributed by atoms with Crippen LogP contribution in [0.25, 0.3) is 0 Å². The molecular weight excluding hydrogens is 311 g/mol. The summed E-state index contributed by atoms with van der Waals surface area (Å²) >= 11 is 0. The molecule has 2 amide bonds. The minimum absolute atomic E-state index is 0.167. The third kappa shape index (κ3) is 3.59. The number of amides is 2. The lowest BCUT2D eigenvalue weighted by atomic mass is 10.0. The van der Waals surface area contributed by atoms with Crippen LogP contribution in [0.2, 0.25) is 0 Å². The van der Waals surface area contributed by atoms with Crippen molar-refractivity contribution >= 4 is 11.7 Å². The van der Waals surface area contributed by atoms with Crippen molar-refractivity contribution in [2.75, 3.05) is 19.0 Å². The zero-order chi connectivity index (χ0) is 17.1.